The highest BCUT2D eigenvalue weighted by molar-refractivity contribution is 7.99. The van der Waals surface area contributed by atoms with Crippen LogP contribution in [-0.2, 0) is 11.8 Å². The number of carbonyl (C=O) groups excluding carboxylic acids is 1. The molecular weight excluding hydrogens is 424 g/mol. The topological polar surface area (TPSA) is 84.5 Å². The van der Waals surface area contributed by atoms with Gasteiger partial charge in [-0.25, -0.2) is 0 Å². The van der Waals surface area contributed by atoms with Gasteiger partial charge in [-0.15, -0.1) is 10.2 Å². The van der Waals surface area contributed by atoms with Gasteiger partial charge in [0.15, 0.2) is 5.16 Å². The van der Waals surface area contributed by atoms with E-state index in [0.29, 0.717) is 22.4 Å². The van der Waals surface area contributed by atoms with Gasteiger partial charge in [0, 0.05) is 31.0 Å². The zero-order valence-corrected chi connectivity index (χ0v) is 19.4. The standard InChI is InChI=1S/C23H26N6O2S/c1-5-28(15(2)3)17-12-10-16(11-13-17)24-20(30)14-32-23-26-25-22-27(4)21(31)18-8-6-7-9-19(18)29(22)23/h6-13,15H,5,14H2,1-4H3,(H,24,30). The van der Waals surface area contributed by atoms with Crippen molar-refractivity contribution in [3.05, 3.63) is 58.9 Å². The van der Waals surface area contributed by atoms with Gasteiger partial charge in [-0.3, -0.25) is 18.6 Å². The van der Waals surface area contributed by atoms with Crippen molar-refractivity contribution in [3.8, 4) is 0 Å². The first-order valence-electron chi connectivity index (χ1n) is 10.5. The first kappa shape index (κ1) is 21.9. The van der Waals surface area contributed by atoms with Gasteiger partial charge >= 0.3 is 0 Å². The Morgan fingerprint density at radius 2 is 1.84 bits per heavy atom. The molecule has 0 fully saturated rings. The predicted octanol–water partition coefficient (Wildman–Crippen LogP) is 3.55. The number of aryl methyl sites for hydroxylation is 1. The molecule has 1 amide bonds. The third-order valence-electron chi connectivity index (χ3n) is 5.38. The smallest absolute Gasteiger partial charge is 0.262 e. The zero-order chi connectivity index (χ0) is 22.8. The molecule has 4 aromatic rings. The molecule has 2 aromatic heterocycles. The highest BCUT2D eigenvalue weighted by Gasteiger charge is 2.16. The fourth-order valence-corrected chi connectivity index (χ4v) is 4.55. The predicted molar refractivity (Wildman–Crippen MR) is 130 cm³/mol. The minimum absolute atomic E-state index is 0.127. The summed E-state index contributed by atoms with van der Waals surface area (Å²) in [5, 5.41) is 12.4. The van der Waals surface area contributed by atoms with Gasteiger partial charge in [-0.2, -0.15) is 0 Å². The normalized spacial score (nSPS) is 11.4. The maximum Gasteiger partial charge on any atom is 0.262 e. The van der Waals surface area contributed by atoms with Crippen LogP contribution in [0, 0.1) is 0 Å². The van der Waals surface area contributed by atoms with Crippen molar-refractivity contribution in [2.24, 2.45) is 7.05 Å². The van der Waals surface area contributed by atoms with Gasteiger partial charge in [0.2, 0.25) is 11.7 Å². The highest BCUT2D eigenvalue weighted by atomic mass is 32.2. The summed E-state index contributed by atoms with van der Waals surface area (Å²) in [6.45, 7) is 7.37. The Morgan fingerprint density at radius 1 is 1.12 bits per heavy atom. The summed E-state index contributed by atoms with van der Waals surface area (Å²) < 4.78 is 3.28. The lowest BCUT2D eigenvalue weighted by atomic mass is 10.2. The van der Waals surface area contributed by atoms with E-state index in [1.54, 1.807) is 13.1 Å². The van der Waals surface area contributed by atoms with Crippen molar-refractivity contribution in [2.45, 2.75) is 32.0 Å². The SMILES string of the molecule is CCN(c1ccc(NC(=O)CSc2nnc3n(C)c(=O)c4ccccc4n23)cc1)C(C)C. The molecular formula is C23H26N6O2S. The number of aromatic nitrogens is 4. The van der Waals surface area contributed by atoms with Crippen molar-refractivity contribution >= 4 is 45.7 Å². The maximum absolute atomic E-state index is 12.6. The van der Waals surface area contributed by atoms with Crippen molar-refractivity contribution in [1.82, 2.24) is 19.2 Å². The number of carbonyl (C=O) groups is 1. The number of benzene rings is 2. The van der Waals surface area contributed by atoms with Crippen molar-refractivity contribution in [2.75, 3.05) is 22.5 Å². The third kappa shape index (κ3) is 4.08. The molecule has 166 valence electrons. The molecule has 8 nitrogen and oxygen atoms in total. The third-order valence-corrected chi connectivity index (χ3v) is 6.30. The quantitative estimate of drug-likeness (QED) is 0.434. The lowest BCUT2D eigenvalue weighted by Gasteiger charge is -2.27. The summed E-state index contributed by atoms with van der Waals surface area (Å²) in [5.41, 5.74) is 2.47. The Bertz CT molecular complexity index is 1330. The molecule has 32 heavy (non-hydrogen) atoms. The molecule has 9 heteroatoms. The van der Waals surface area contributed by atoms with Crippen LogP contribution in [-0.4, -0.2) is 43.4 Å². The van der Waals surface area contributed by atoms with Crippen LogP contribution in [0.3, 0.4) is 0 Å². The van der Waals surface area contributed by atoms with Crippen LogP contribution in [0.2, 0.25) is 0 Å². The molecule has 0 saturated heterocycles. The summed E-state index contributed by atoms with van der Waals surface area (Å²) in [4.78, 5) is 27.4. The van der Waals surface area contributed by atoms with E-state index in [4.69, 9.17) is 0 Å². The van der Waals surface area contributed by atoms with Gasteiger partial charge in [-0.1, -0.05) is 23.9 Å². The van der Waals surface area contributed by atoms with Crippen LogP contribution in [0.25, 0.3) is 16.7 Å². The van der Waals surface area contributed by atoms with E-state index in [-0.39, 0.29) is 17.2 Å². The summed E-state index contributed by atoms with van der Waals surface area (Å²) in [7, 11) is 1.67. The lowest BCUT2D eigenvalue weighted by Crippen LogP contribution is -2.30. The summed E-state index contributed by atoms with van der Waals surface area (Å²) in [5.74, 6) is 0.481. The monoisotopic (exact) mass is 450 g/mol. The molecule has 0 radical (unpaired) electrons. The van der Waals surface area contributed by atoms with E-state index in [1.807, 2.05) is 46.9 Å². The maximum atomic E-state index is 12.6. The van der Waals surface area contributed by atoms with Crippen molar-refractivity contribution in [1.29, 1.82) is 0 Å². The second-order valence-corrected chi connectivity index (χ2v) is 8.71. The average Bonchev–Trinajstić information content (AvgIpc) is 3.22. The summed E-state index contributed by atoms with van der Waals surface area (Å²) >= 11 is 1.28. The zero-order valence-electron chi connectivity index (χ0n) is 18.6. The molecule has 2 aromatic carbocycles. The Morgan fingerprint density at radius 3 is 2.53 bits per heavy atom. The van der Waals surface area contributed by atoms with E-state index < -0.39 is 0 Å². The van der Waals surface area contributed by atoms with Crippen LogP contribution in [0.5, 0.6) is 0 Å². The molecule has 0 aliphatic rings. The largest absolute Gasteiger partial charge is 0.369 e. The average molecular weight is 451 g/mol. The lowest BCUT2D eigenvalue weighted by molar-refractivity contribution is -0.113. The molecule has 1 N–H and O–H groups in total. The van der Waals surface area contributed by atoms with Crippen molar-refractivity contribution in [3.63, 3.8) is 0 Å². The molecule has 0 saturated carbocycles. The van der Waals surface area contributed by atoms with Gasteiger partial charge in [0.1, 0.15) is 0 Å². The van der Waals surface area contributed by atoms with Crippen LogP contribution >= 0.6 is 11.8 Å². The van der Waals surface area contributed by atoms with Crippen LogP contribution in [0.1, 0.15) is 20.8 Å². The van der Waals surface area contributed by atoms with Crippen LogP contribution < -0.4 is 15.8 Å². The minimum atomic E-state index is -0.134. The molecule has 0 atom stereocenters. The molecule has 0 aliphatic carbocycles. The van der Waals surface area contributed by atoms with Gasteiger partial charge in [-0.05, 0) is 57.2 Å². The number of thioether (sulfide) groups is 1. The van der Waals surface area contributed by atoms with E-state index in [0.717, 1.165) is 23.4 Å². The number of nitrogens with one attached hydrogen (secondary N) is 1. The molecule has 4 rings (SSSR count). The number of hydrogen-bond donors (Lipinski definition) is 1. The van der Waals surface area contributed by atoms with Gasteiger partial charge < -0.3 is 10.2 Å². The molecule has 0 bridgehead atoms. The molecule has 0 unspecified atom stereocenters. The fraction of sp³-hybridized carbons (Fsp3) is 0.304. The first-order valence-corrected chi connectivity index (χ1v) is 11.5. The number of fused-ring (bicyclic) bond motifs is 3. The number of rotatable bonds is 7. The number of amides is 1. The van der Waals surface area contributed by atoms with E-state index in [1.165, 1.54) is 16.3 Å². The van der Waals surface area contributed by atoms with Crippen molar-refractivity contribution < 1.29 is 4.79 Å². The molecule has 0 spiro atoms. The highest BCUT2D eigenvalue weighted by Crippen LogP contribution is 2.23. The molecule has 0 aliphatic heterocycles. The summed E-state index contributed by atoms with van der Waals surface area (Å²) in [6.07, 6.45) is 0. The fourth-order valence-electron chi connectivity index (χ4n) is 3.81. The van der Waals surface area contributed by atoms with Crippen LogP contribution in [0.4, 0.5) is 11.4 Å². The molecule has 2 heterocycles. The van der Waals surface area contributed by atoms with E-state index >= 15 is 0 Å². The first-order chi connectivity index (χ1) is 15.4. The van der Waals surface area contributed by atoms with Gasteiger partial charge in [0.05, 0.1) is 16.7 Å². The van der Waals surface area contributed by atoms with Crippen LogP contribution in [0.15, 0.2) is 58.5 Å². The van der Waals surface area contributed by atoms with Gasteiger partial charge in [0.25, 0.3) is 5.56 Å². The Hall–Kier alpha value is -3.33. The number of anilines is 2. The number of hydrogen-bond acceptors (Lipinski definition) is 6. The van der Waals surface area contributed by atoms with E-state index in [9.17, 15) is 9.59 Å². The van der Waals surface area contributed by atoms with E-state index in [2.05, 4.69) is 41.2 Å². The second kappa shape index (κ2) is 9.04. The summed E-state index contributed by atoms with van der Waals surface area (Å²) in [6, 6.07) is 15.6. The number of para-hydroxylation sites is 1. The minimum Gasteiger partial charge on any atom is -0.369 e. The number of nitrogens with zero attached hydrogens (tertiary/aromatic N) is 5. The Kier molecular flexibility index (Phi) is 6.18. The Balaban J connectivity index is 1.50. The Labute approximate surface area is 190 Å². The second-order valence-electron chi connectivity index (χ2n) is 7.76.